The summed E-state index contributed by atoms with van der Waals surface area (Å²) in [6.45, 7) is 7.79. The zero-order chi connectivity index (χ0) is 22.7. The van der Waals surface area contributed by atoms with E-state index in [1.165, 1.54) is 44.1 Å². The molecule has 0 spiro atoms. The summed E-state index contributed by atoms with van der Waals surface area (Å²) < 4.78 is 25.9. The first-order valence-electron chi connectivity index (χ1n) is 13.4. The van der Waals surface area contributed by atoms with Gasteiger partial charge in [-0.05, 0) is 120 Å². The number of allylic oxidation sites excluding steroid dienone is 3. The highest BCUT2D eigenvalue weighted by Crippen LogP contribution is 2.59. The Balaban J connectivity index is 1.33. The molecule has 3 saturated carbocycles. The third kappa shape index (κ3) is 5.49. The van der Waals surface area contributed by atoms with E-state index < -0.39 is 6.43 Å². The molecule has 0 radical (unpaired) electrons. The molecule has 5 atom stereocenters. The number of hydrogen-bond acceptors (Lipinski definition) is 2. The molecule has 182 valence electrons. The maximum Gasteiger partial charge on any atom is 0.241 e. The first-order chi connectivity index (χ1) is 15.4. The lowest BCUT2D eigenvalue weighted by molar-refractivity contribution is 0.0314. The standard InChI is InChI=1S/C28H45F2NO/c1-20(12-16-31-17-13-23(14-18-31)27(29)30)25-10-11-26-22(6-4-15-28(25,26)2)9-8-21-5-3-7-24(32)19-21/h8-9,20,23-27,32H,3-7,10-19H2,1-2H3/b21-8-,22-9+/t20-,24-,25?,26?,28+/m0/s1. The van der Waals surface area contributed by atoms with Crippen LogP contribution < -0.4 is 0 Å². The largest absolute Gasteiger partial charge is 0.393 e. The lowest BCUT2D eigenvalue weighted by atomic mass is 9.61. The third-order valence-electron chi connectivity index (χ3n) is 9.68. The van der Waals surface area contributed by atoms with Gasteiger partial charge in [0.05, 0.1) is 6.10 Å². The van der Waals surface area contributed by atoms with Crippen molar-refractivity contribution >= 4 is 0 Å². The number of piperidine rings is 1. The Bertz CT molecular complexity index is 681. The molecule has 1 saturated heterocycles. The highest BCUT2D eigenvalue weighted by molar-refractivity contribution is 5.25. The second kappa shape index (κ2) is 10.7. The first-order valence-corrected chi connectivity index (χ1v) is 13.4. The van der Waals surface area contributed by atoms with Crippen LogP contribution >= 0.6 is 0 Å². The normalized spacial score (nSPS) is 38.5. The Hall–Kier alpha value is -0.740. The fourth-order valence-electron chi connectivity index (χ4n) is 7.68. The van der Waals surface area contributed by atoms with Gasteiger partial charge in [0, 0.05) is 5.92 Å². The van der Waals surface area contributed by atoms with Crippen LogP contribution in [0.5, 0.6) is 0 Å². The molecule has 4 rings (SSSR count). The Labute approximate surface area is 194 Å². The molecule has 2 unspecified atom stereocenters. The number of likely N-dealkylation sites (tertiary alicyclic amines) is 1. The second-order valence-electron chi connectivity index (χ2n) is 11.7. The predicted molar refractivity (Wildman–Crippen MR) is 128 cm³/mol. The topological polar surface area (TPSA) is 23.5 Å². The zero-order valence-electron chi connectivity index (χ0n) is 20.4. The Morgan fingerprint density at radius 2 is 1.84 bits per heavy atom. The average Bonchev–Trinajstić information content (AvgIpc) is 3.14. The van der Waals surface area contributed by atoms with Crippen molar-refractivity contribution in [2.75, 3.05) is 19.6 Å². The van der Waals surface area contributed by atoms with Gasteiger partial charge in [0.1, 0.15) is 0 Å². The molecule has 1 aliphatic heterocycles. The molecule has 0 bridgehead atoms. The van der Waals surface area contributed by atoms with Crippen LogP contribution in [0.15, 0.2) is 23.3 Å². The molecular weight excluding hydrogens is 404 g/mol. The van der Waals surface area contributed by atoms with Crippen molar-refractivity contribution < 1.29 is 13.9 Å². The number of halogens is 2. The molecule has 32 heavy (non-hydrogen) atoms. The molecule has 4 heteroatoms. The summed E-state index contributed by atoms with van der Waals surface area (Å²) in [5.74, 6) is 1.82. The van der Waals surface area contributed by atoms with Gasteiger partial charge in [-0.1, -0.05) is 37.1 Å². The SMILES string of the molecule is C[C@@H](CCN1CCC(C(F)F)CC1)C1CCC2/C(=C/C=C3/CCC[C@H](O)C3)CCC[C@@]21C. The van der Waals surface area contributed by atoms with Crippen molar-refractivity contribution in [3.8, 4) is 0 Å². The molecule has 1 heterocycles. The Morgan fingerprint density at radius 3 is 2.56 bits per heavy atom. The van der Waals surface area contributed by atoms with Gasteiger partial charge in [0.2, 0.25) is 6.43 Å². The fraction of sp³-hybridized carbons (Fsp3) is 0.857. The maximum absolute atomic E-state index is 12.9. The van der Waals surface area contributed by atoms with Crippen LogP contribution in [-0.2, 0) is 0 Å². The van der Waals surface area contributed by atoms with Crippen molar-refractivity contribution in [3.05, 3.63) is 23.3 Å². The number of alkyl halides is 2. The summed E-state index contributed by atoms with van der Waals surface area (Å²) in [7, 11) is 0. The van der Waals surface area contributed by atoms with Crippen LogP contribution in [0.25, 0.3) is 0 Å². The first kappa shape index (κ1) is 24.4. The number of fused-ring (bicyclic) bond motifs is 1. The van der Waals surface area contributed by atoms with Gasteiger partial charge in [0.15, 0.2) is 0 Å². The van der Waals surface area contributed by atoms with E-state index in [2.05, 4.69) is 30.9 Å². The summed E-state index contributed by atoms with van der Waals surface area (Å²) in [5, 5.41) is 9.99. The Morgan fingerprint density at radius 1 is 1.06 bits per heavy atom. The van der Waals surface area contributed by atoms with Crippen LogP contribution in [0, 0.1) is 29.1 Å². The summed E-state index contributed by atoms with van der Waals surface area (Å²) in [6, 6.07) is 0. The minimum Gasteiger partial charge on any atom is -0.393 e. The van der Waals surface area contributed by atoms with Crippen LogP contribution in [-0.4, -0.2) is 42.2 Å². The van der Waals surface area contributed by atoms with E-state index in [9.17, 15) is 13.9 Å². The molecule has 0 aromatic rings. The molecule has 2 nitrogen and oxygen atoms in total. The van der Waals surface area contributed by atoms with Crippen LogP contribution in [0.3, 0.4) is 0 Å². The average molecular weight is 450 g/mol. The van der Waals surface area contributed by atoms with Crippen molar-refractivity contribution in [1.82, 2.24) is 4.90 Å². The van der Waals surface area contributed by atoms with E-state index >= 15 is 0 Å². The van der Waals surface area contributed by atoms with Crippen molar-refractivity contribution in [1.29, 1.82) is 0 Å². The zero-order valence-corrected chi connectivity index (χ0v) is 20.4. The van der Waals surface area contributed by atoms with Gasteiger partial charge in [-0.25, -0.2) is 8.78 Å². The second-order valence-corrected chi connectivity index (χ2v) is 11.7. The number of hydrogen-bond donors (Lipinski definition) is 1. The van der Waals surface area contributed by atoms with Crippen LogP contribution in [0.1, 0.15) is 90.9 Å². The van der Waals surface area contributed by atoms with E-state index in [0.717, 1.165) is 57.2 Å². The monoisotopic (exact) mass is 449 g/mol. The lowest BCUT2D eigenvalue weighted by Gasteiger charge is -2.44. The third-order valence-corrected chi connectivity index (χ3v) is 9.68. The lowest BCUT2D eigenvalue weighted by Crippen LogP contribution is -2.39. The van der Waals surface area contributed by atoms with Gasteiger partial charge in [0.25, 0.3) is 0 Å². The van der Waals surface area contributed by atoms with Crippen molar-refractivity contribution in [2.24, 2.45) is 29.1 Å². The van der Waals surface area contributed by atoms with E-state index in [0.29, 0.717) is 24.2 Å². The van der Waals surface area contributed by atoms with Gasteiger partial charge in [-0.3, -0.25) is 0 Å². The van der Waals surface area contributed by atoms with Crippen molar-refractivity contribution in [2.45, 2.75) is 103 Å². The minimum atomic E-state index is -2.14. The van der Waals surface area contributed by atoms with E-state index in [1.807, 2.05) is 0 Å². The summed E-state index contributed by atoms with van der Waals surface area (Å²) in [4.78, 5) is 2.43. The fourth-order valence-corrected chi connectivity index (χ4v) is 7.68. The molecule has 4 fully saturated rings. The summed E-state index contributed by atoms with van der Waals surface area (Å²) in [5.41, 5.74) is 3.51. The summed E-state index contributed by atoms with van der Waals surface area (Å²) in [6.07, 6.45) is 15.7. The van der Waals surface area contributed by atoms with Crippen LogP contribution in [0.2, 0.25) is 0 Å². The van der Waals surface area contributed by atoms with Crippen LogP contribution in [0.4, 0.5) is 8.78 Å². The molecule has 0 aromatic heterocycles. The molecule has 1 N–H and O–H groups in total. The maximum atomic E-state index is 12.9. The number of rotatable bonds is 6. The molecule has 4 aliphatic rings. The Kier molecular flexibility index (Phi) is 8.14. The molecule has 0 aromatic carbocycles. The number of aliphatic hydroxyl groups excluding tert-OH is 1. The van der Waals surface area contributed by atoms with Gasteiger partial charge < -0.3 is 10.0 Å². The predicted octanol–water partition coefficient (Wildman–Crippen LogP) is 6.99. The highest BCUT2D eigenvalue weighted by atomic mass is 19.3. The van der Waals surface area contributed by atoms with E-state index in [-0.39, 0.29) is 12.0 Å². The summed E-state index contributed by atoms with van der Waals surface area (Å²) >= 11 is 0. The number of nitrogens with zero attached hydrogens (tertiary/aromatic N) is 1. The highest BCUT2D eigenvalue weighted by Gasteiger charge is 2.50. The van der Waals surface area contributed by atoms with E-state index in [4.69, 9.17) is 0 Å². The molecule has 0 amide bonds. The molecule has 3 aliphatic carbocycles. The minimum absolute atomic E-state index is 0.136. The number of aliphatic hydroxyl groups is 1. The molecular formula is C28H45F2NO. The van der Waals surface area contributed by atoms with Gasteiger partial charge >= 0.3 is 0 Å². The quantitative estimate of drug-likeness (QED) is 0.472. The van der Waals surface area contributed by atoms with Crippen molar-refractivity contribution in [3.63, 3.8) is 0 Å². The van der Waals surface area contributed by atoms with E-state index in [1.54, 1.807) is 5.57 Å². The smallest absolute Gasteiger partial charge is 0.241 e. The van der Waals surface area contributed by atoms with Gasteiger partial charge in [-0.15, -0.1) is 0 Å². The van der Waals surface area contributed by atoms with Gasteiger partial charge in [-0.2, -0.15) is 0 Å².